The van der Waals surface area contributed by atoms with Crippen LogP contribution in [0.5, 0.6) is 0 Å². The topological polar surface area (TPSA) is 91.5 Å². The van der Waals surface area contributed by atoms with Gasteiger partial charge in [0.15, 0.2) is 11.5 Å². The molecule has 0 aromatic carbocycles. The quantitative estimate of drug-likeness (QED) is 0.776. The third-order valence-electron chi connectivity index (χ3n) is 5.17. The number of amides is 2. The third kappa shape index (κ3) is 4.10. The molecule has 0 radical (unpaired) electrons. The summed E-state index contributed by atoms with van der Waals surface area (Å²) in [5.41, 5.74) is -0.130. The average molecular weight is 345 g/mol. The van der Waals surface area contributed by atoms with Gasteiger partial charge in [-0.15, -0.1) is 10.2 Å². The van der Waals surface area contributed by atoms with E-state index in [9.17, 15) is 9.90 Å². The van der Waals surface area contributed by atoms with E-state index in [1.54, 1.807) is 0 Å². The highest BCUT2D eigenvalue weighted by atomic mass is 16.3. The fourth-order valence-electron chi connectivity index (χ4n) is 3.60. The summed E-state index contributed by atoms with van der Waals surface area (Å²) in [6.07, 6.45) is 7.48. The number of hydrogen-bond donors (Lipinski definition) is 3. The van der Waals surface area contributed by atoms with E-state index in [1.165, 1.54) is 6.42 Å². The molecule has 2 aromatic heterocycles. The maximum atomic E-state index is 12.2. The normalized spacial score (nSPS) is 19.3. The molecule has 2 aromatic rings. The molecule has 0 bridgehead atoms. The summed E-state index contributed by atoms with van der Waals surface area (Å²) in [5.74, 6) is 0.921. The Morgan fingerprint density at radius 2 is 2.12 bits per heavy atom. The molecule has 2 amide bonds. The summed E-state index contributed by atoms with van der Waals surface area (Å²) < 4.78 is 1.85. The van der Waals surface area contributed by atoms with Gasteiger partial charge in [-0.3, -0.25) is 4.40 Å². The van der Waals surface area contributed by atoms with Crippen LogP contribution in [0.3, 0.4) is 0 Å². The van der Waals surface area contributed by atoms with Crippen LogP contribution in [-0.4, -0.2) is 37.9 Å². The number of fused-ring (bicyclic) bond motifs is 1. The Balaban J connectivity index is 1.55. The molecule has 136 valence electrons. The molecule has 0 saturated heterocycles. The van der Waals surface area contributed by atoms with Crippen molar-refractivity contribution in [2.75, 3.05) is 6.54 Å². The average Bonchev–Trinajstić information content (AvgIpc) is 3.05. The fraction of sp³-hybridized carbons (Fsp3) is 0.611. The van der Waals surface area contributed by atoms with Crippen molar-refractivity contribution >= 4 is 11.7 Å². The van der Waals surface area contributed by atoms with Crippen LogP contribution in [0.15, 0.2) is 24.4 Å². The van der Waals surface area contributed by atoms with Crippen LogP contribution in [0, 0.1) is 5.92 Å². The van der Waals surface area contributed by atoms with Crippen LogP contribution in [0.1, 0.15) is 57.8 Å². The first-order chi connectivity index (χ1) is 12.0. The van der Waals surface area contributed by atoms with Gasteiger partial charge in [-0.2, -0.15) is 0 Å². The van der Waals surface area contributed by atoms with Gasteiger partial charge in [-0.1, -0.05) is 25.3 Å². The molecule has 7 nitrogen and oxygen atoms in total. The number of nitrogens with zero attached hydrogens (tertiary/aromatic N) is 3. The van der Waals surface area contributed by atoms with Gasteiger partial charge in [0.05, 0.1) is 11.6 Å². The Morgan fingerprint density at radius 3 is 2.88 bits per heavy atom. The Kier molecular flexibility index (Phi) is 5.22. The molecule has 0 spiro atoms. The SMILES string of the molecule is C[C@@H](NC(=O)NC[C@@](C)(O)C1CCCCC1)c1nnc2ccccn12. The van der Waals surface area contributed by atoms with Gasteiger partial charge in [0.25, 0.3) is 0 Å². The molecule has 2 atom stereocenters. The Hall–Kier alpha value is -2.15. The van der Waals surface area contributed by atoms with Gasteiger partial charge < -0.3 is 15.7 Å². The number of hydrogen-bond acceptors (Lipinski definition) is 4. The Bertz CT molecular complexity index is 721. The van der Waals surface area contributed by atoms with Crippen LogP contribution < -0.4 is 10.6 Å². The lowest BCUT2D eigenvalue weighted by atomic mass is 9.78. The van der Waals surface area contributed by atoms with E-state index in [-0.39, 0.29) is 24.5 Å². The van der Waals surface area contributed by atoms with E-state index in [1.807, 2.05) is 42.6 Å². The number of carbonyl (C=O) groups excluding carboxylic acids is 1. The highest BCUT2D eigenvalue weighted by Crippen LogP contribution is 2.32. The second kappa shape index (κ2) is 7.39. The van der Waals surface area contributed by atoms with Crippen LogP contribution in [0.2, 0.25) is 0 Å². The zero-order chi connectivity index (χ0) is 17.9. The summed E-state index contributed by atoms with van der Waals surface area (Å²) in [6, 6.07) is 5.05. The number of carbonyl (C=O) groups is 1. The lowest BCUT2D eigenvalue weighted by Crippen LogP contribution is -2.49. The number of nitrogens with one attached hydrogen (secondary N) is 2. The smallest absolute Gasteiger partial charge is 0.315 e. The molecule has 3 rings (SSSR count). The van der Waals surface area contributed by atoms with Gasteiger partial charge >= 0.3 is 6.03 Å². The maximum Gasteiger partial charge on any atom is 0.315 e. The number of urea groups is 1. The zero-order valence-corrected chi connectivity index (χ0v) is 14.9. The van der Waals surface area contributed by atoms with Crippen molar-refractivity contribution in [2.24, 2.45) is 5.92 Å². The van der Waals surface area contributed by atoms with Crippen molar-refractivity contribution in [1.29, 1.82) is 0 Å². The second-order valence-corrected chi connectivity index (χ2v) is 7.23. The monoisotopic (exact) mass is 345 g/mol. The van der Waals surface area contributed by atoms with E-state index in [2.05, 4.69) is 20.8 Å². The third-order valence-corrected chi connectivity index (χ3v) is 5.17. The molecule has 2 heterocycles. The first kappa shape index (κ1) is 17.7. The summed E-state index contributed by atoms with van der Waals surface area (Å²) in [7, 11) is 0. The maximum absolute atomic E-state index is 12.2. The lowest BCUT2D eigenvalue weighted by Gasteiger charge is -2.35. The highest BCUT2D eigenvalue weighted by Gasteiger charge is 2.33. The molecule has 1 aliphatic carbocycles. The van der Waals surface area contributed by atoms with Crippen LogP contribution >= 0.6 is 0 Å². The van der Waals surface area contributed by atoms with Crippen molar-refractivity contribution in [2.45, 2.75) is 57.6 Å². The number of aliphatic hydroxyl groups is 1. The van der Waals surface area contributed by atoms with Crippen molar-refractivity contribution in [3.63, 3.8) is 0 Å². The van der Waals surface area contributed by atoms with Crippen LogP contribution in [0.4, 0.5) is 4.79 Å². The Morgan fingerprint density at radius 1 is 1.36 bits per heavy atom. The van der Waals surface area contributed by atoms with E-state index < -0.39 is 5.60 Å². The minimum atomic E-state index is -0.872. The molecule has 1 fully saturated rings. The largest absolute Gasteiger partial charge is 0.388 e. The summed E-state index contributed by atoms with van der Waals surface area (Å²) in [4.78, 5) is 12.2. The molecule has 1 saturated carbocycles. The predicted molar refractivity (Wildman–Crippen MR) is 95.1 cm³/mol. The van der Waals surface area contributed by atoms with Gasteiger partial charge in [0.2, 0.25) is 0 Å². The molecule has 7 heteroatoms. The first-order valence-corrected chi connectivity index (χ1v) is 9.04. The zero-order valence-electron chi connectivity index (χ0n) is 14.9. The van der Waals surface area contributed by atoms with E-state index in [0.29, 0.717) is 5.82 Å². The van der Waals surface area contributed by atoms with E-state index >= 15 is 0 Å². The molecule has 0 unspecified atom stereocenters. The van der Waals surface area contributed by atoms with E-state index in [4.69, 9.17) is 0 Å². The molecular weight excluding hydrogens is 318 g/mol. The van der Waals surface area contributed by atoms with Gasteiger partial charge in [0.1, 0.15) is 0 Å². The molecule has 25 heavy (non-hydrogen) atoms. The fourth-order valence-corrected chi connectivity index (χ4v) is 3.60. The standard InChI is InChI=1S/C18H27N5O2/c1-13(16-22-21-15-10-6-7-11-23(15)16)20-17(24)19-12-18(2,25)14-8-4-3-5-9-14/h6-7,10-11,13-14,25H,3-5,8-9,12H2,1-2H3,(H2,19,20,24)/t13-,18-/m1/s1. The van der Waals surface area contributed by atoms with Crippen molar-refractivity contribution in [1.82, 2.24) is 25.2 Å². The van der Waals surface area contributed by atoms with Crippen molar-refractivity contribution in [3.05, 3.63) is 30.2 Å². The molecular formula is C18H27N5O2. The summed E-state index contributed by atoms with van der Waals surface area (Å²) in [5, 5.41) is 24.6. The molecule has 3 N–H and O–H groups in total. The van der Waals surface area contributed by atoms with Crippen molar-refractivity contribution in [3.8, 4) is 0 Å². The van der Waals surface area contributed by atoms with Gasteiger partial charge in [-0.05, 0) is 44.7 Å². The van der Waals surface area contributed by atoms with Gasteiger partial charge in [0, 0.05) is 12.7 Å². The first-order valence-electron chi connectivity index (χ1n) is 9.04. The summed E-state index contributed by atoms with van der Waals surface area (Å²) in [6.45, 7) is 3.93. The van der Waals surface area contributed by atoms with Crippen LogP contribution in [0.25, 0.3) is 5.65 Å². The van der Waals surface area contributed by atoms with Gasteiger partial charge in [-0.25, -0.2) is 4.79 Å². The minimum Gasteiger partial charge on any atom is -0.388 e. The number of aromatic nitrogens is 3. The predicted octanol–water partition coefficient (Wildman–Crippen LogP) is 2.42. The highest BCUT2D eigenvalue weighted by molar-refractivity contribution is 5.74. The number of pyridine rings is 1. The Labute approximate surface area is 147 Å². The van der Waals surface area contributed by atoms with Crippen LogP contribution in [-0.2, 0) is 0 Å². The lowest BCUT2D eigenvalue weighted by molar-refractivity contribution is -0.0131. The molecule has 0 aliphatic heterocycles. The second-order valence-electron chi connectivity index (χ2n) is 7.23. The molecule has 1 aliphatic rings. The number of rotatable bonds is 5. The summed E-state index contributed by atoms with van der Waals surface area (Å²) >= 11 is 0. The van der Waals surface area contributed by atoms with Crippen molar-refractivity contribution < 1.29 is 9.90 Å². The minimum absolute atomic E-state index is 0.247. The van der Waals surface area contributed by atoms with E-state index in [0.717, 1.165) is 31.3 Å².